The highest BCUT2D eigenvalue weighted by Crippen LogP contribution is 2.37. The molecule has 0 unspecified atom stereocenters. The first-order valence-electron chi connectivity index (χ1n) is 9.48. The summed E-state index contributed by atoms with van der Waals surface area (Å²) in [7, 11) is 0. The standard InChI is InChI=1S/C20H27N3O2/c1-15-5-6-17-16(12-15)4-2-10-23(17)18(24)13-22-11-8-20(14-22)7-3-9-21-19(20)25/h5-6,12H,2-4,7-11,13-14H2,1H3,(H,21,25)/t20-/m1/s1. The van der Waals surface area contributed by atoms with E-state index in [9.17, 15) is 9.59 Å². The molecule has 0 bridgehead atoms. The molecule has 5 nitrogen and oxygen atoms in total. The fourth-order valence-corrected chi connectivity index (χ4v) is 4.67. The zero-order chi connectivity index (χ0) is 17.4. The van der Waals surface area contributed by atoms with Crippen molar-refractivity contribution in [2.75, 3.05) is 37.6 Å². The topological polar surface area (TPSA) is 52.7 Å². The second kappa shape index (κ2) is 6.45. The molecule has 5 heteroatoms. The SMILES string of the molecule is Cc1ccc2c(c1)CCCN2C(=O)CN1CC[C@]2(CCCNC2=O)C1. The molecule has 0 aliphatic carbocycles. The molecule has 0 saturated carbocycles. The molecule has 25 heavy (non-hydrogen) atoms. The van der Waals surface area contributed by atoms with Crippen molar-refractivity contribution in [2.45, 2.75) is 39.0 Å². The summed E-state index contributed by atoms with van der Waals surface area (Å²) in [6, 6.07) is 6.37. The van der Waals surface area contributed by atoms with Gasteiger partial charge in [0.1, 0.15) is 0 Å². The lowest BCUT2D eigenvalue weighted by atomic mass is 9.79. The predicted octanol–water partition coefficient (Wildman–Crippen LogP) is 1.88. The van der Waals surface area contributed by atoms with Crippen molar-refractivity contribution in [3.8, 4) is 0 Å². The number of likely N-dealkylation sites (tertiary alicyclic amines) is 1. The number of benzene rings is 1. The van der Waals surface area contributed by atoms with Crippen LogP contribution in [0.2, 0.25) is 0 Å². The number of amides is 2. The normalized spacial score (nSPS) is 26.6. The van der Waals surface area contributed by atoms with E-state index in [0.29, 0.717) is 6.54 Å². The Labute approximate surface area is 149 Å². The van der Waals surface area contributed by atoms with Gasteiger partial charge in [0.15, 0.2) is 0 Å². The van der Waals surface area contributed by atoms with Gasteiger partial charge in [0.2, 0.25) is 11.8 Å². The van der Waals surface area contributed by atoms with E-state index in [2.05, 4.69) is 35.3 Å². The molecule has 1 atom stereocenters. The third kappa shape index (κ3) is 3.06. The number of nitrogens with one attached hydrogen (secondary N) is 1. The molecule has 3 aliphatic heterocycles. The van der Waals surface area contributed by atoms with Gasteiger partial charge < -0.3 is 10.2 Å². The summed E-state index contributed by atoms with van der Waals surface area (Å²) in [4.78, 5) is 29.4. The summed E-state index contributed by atoms with van der Waals surface area (Å²) in [6.45, 7) is 5.67. The van der Waals surface area contributed by atoms with E-state index < -0.39 is 0 Å². The van der Waals surface area contributed by atoms with Crippen molar-refractivity contribution < 1.29 is 9.59 Å². The van der Waals surface area contributed by atoms with E-state index in [-0.39, 0.29) is 17.2 Å². The van der Waals surface area contributed by atoms with Gasteiger partial charge in [0.25, 0.3) is 0 Å². The van der Waals surface area contributed by atoms with Gasteiger partial charge in [0, 0.05) is 25.3 Å². The first kappa shape index (κ1) is 16.6. The van der Waals surface area contributed by atoms with Crippen LogP contribution < -0.4 is 10.2 Å². The van der Waals surface area contributed by atoms with Gasteiger partial charge in [-0.1, -0.05) is 17.7 Å². The lowest BCUT2D eigenvalue weighted by Crippen LogP contribution is -2.48. The Kier molecular flexibility index (Phi) is 4.28. The Morgan fingerprint density at radius 1 is 1.24 bits per heavy atom. The molecule has 2 fully saturated rings. The van der Waals surface area contributed by atoms with Crippen LogP contribution in [0.25, 0.3) is 0 Å². The van der Waals surface area contributed by atoms with Crippen LogP contribution in [-0.2, 0) is 16.0 Å². The van der Waals surface area contributed by atoms with E-state index in [1.807, 2.05) is 4.90 Å². The summed E-state index contributed by atoms with van der Waals surface area (Å²) < 4.78 is 0. The highest BCUT2D eigenvalue weighted by molar-refractivity contribution is 5.96. The highest BCUT2D eigenvalue weighted by Gasteiger charge is 2.46. The maximum Gasteiger partial charge on any atom is 0.241 e. The largest absolute Gasteiger partial charge is 0.356 e. The lowest BCUT2D eigenvalue weighted by molar-refractivity contribution is -0.133. The number of hydrogen-bond donors (Lipinski definition) is 1. The van der Waals surface area contributed by atoms with Crippen LogP contribution in [0.5, 0.6) is 0 Å². The predicted molar refractivity (Wildman–Crippen MR) is 97.6 cm³/mol. The Bertz CT molecular complexity index is 702. The van der Waals surface area contributed by atoms with Crippen molar-refractivity contribution in [1.29, 1.82) is 0 Å². The summed E-state index contributed by atoms with van der Waals surface area (Å²) in [5, 5.41) is 3.01. The van der Waals surface area contributed by atoms with Crippen LogP contribution in [0.4, 0.5) is 5.69 Å². The molecule has 3 aliphatic rings. The highest BCUT2D eigenvalue weighted by atomic mass is 16.2. The first-order chi connectivity index (χ1) is 12.1. The summed E-state index contributed by atoms with van der Waals surface area (Å²) in [6.07, 6.45) is 4.95. The molecule has 3 heterocycles. The molecule has 4 rings (SSSR count). The van der Waals surface area contributed by atoms with Crippen molar-refractivity contribution in [2.24, 2.45) is 5.41 Å². The molecular weight excluding hydrogens is 314 g/mol. The maximum atomic E-state index is 12.9. The van der Waals surface area contributed by atoms with Gasteiger partial charge in [-0.15, -0.1) is 0 Å². The van der Waals surface area contributed by atoms with Gasteiger partial charge in [-0.25, -0.2) is 0 Å². The number of nitrogens with zero attached hydrogens (tertiary/aromatic N) is 2. The summed E-state index contributed by atoms with van der Waals surface area (Å²) in [5.41, 5.74) is 3.35. The van der Waals surface area contributed by atoms with Crippen LogP contribution in [0.15, 0.2) is 18.2 Å². The average Bonchev–Trinajstić information content (AvgIpc) is 3.00. The average molecular weight is 341 g/mol. The van der Waals surface area contributed by atoms with Gasteiger partial charge in [-0.2, -0.15) is 0 Å². The zero-order valence-electron chi connectivity index (χ0n) is 15.0. The number of piperidine rings is 1. The van der Waals surface area contributed by atoms with E-state index in [1.54, 1.807) is 0 Å². The number of anilines is 1. The molecule has 0 radical (unpaired) electrons. The van der Waals surface area contributed by atoms with E-state index in [1.165, 1.54) is 11.1 Å². The van der Waals surface area contributed by atoms with Crippen LogP contribution in [0, 0.1) is 12.3 Å². The fraction of sp³-hybridized carbons (Fsp3) is 0.600. The van der Waals surface area contributed by atoms with Crippen LogP contribution in [0.1, 0.15) is 36.8 Å². The van der Waals surface area contributed by atoms with E-state index in [4.69, 9.17) is 0 Å². The van der Waals surface area contributed by atoms with Crippen molar-refractivity contribution in [1.82, 2.24) is 10.2 Å². The number of carbonyl (C=O) groups is 2. The minimum Gasteiger partial charge on any atom is -0.356 e. The monoisotopic (exact) mass is 341 g/mol. The maximum absolute atomic E-state index is 12.9. The number of carbonyl (C=O) groups excluding carboxylic acids is 2. The van der Waals surface area contributed by atoms with Crippen LogP contribution in [0.3, 0.4) is 0 Å². The van der Waals surface area contributed by atoms with E-state index in [0.717, 1.165) is 64.0 Å². The Hall–Kier alpha value is -1.88. The van der Waals surface area contributed by atoms with Crippen molar-refractivity contribution in [3.05, 3.63) is 29.3 Å². The van der Waals surface area contributed by atoms with Crippen LogP contribution in [-0.4, -0.2) is 49.4 Å². The number of hydrogen-bond acceptors (Lipinski definition) is 3. The Morgan fingerprint density at radius 3 is 2.96 bits per heavy atom. The number of aryl methyl sites for hydroxylation is 2. The van der Waals surface area contributed by atoms with Gasteiger partial charge in [0.05, 0.1) is 12.0 Å². The lowest BCUT2D eigenvalue weighted by Gasteiger charge is -2.33. The summed E-state index contributed by atoms with van der Waals surface area (Å²) >= 11 is 0. The quantitative estimate of drug-likeness (QED) is 0.894. The molecule has 0 aromatic heterocycles. The minimum atomic E-state index is -0.255. The first-order valence-corrected chi connectivity index (χ1v) is 9.48. The molecule has 2 amide bonds. The molecule has 2 saturated heterocycles. The molecule has 1 spiro atoms. The third-order valence-corrected chi connectivity index (χ3v) is 6.05. The molecule has 1 aromatic rings. The Balaban J connectivity index is 1.44. The van der Waals surface area contributed by atoms with Gasteiger partial charge in [-0.05, 0) is 57.2 Å². The summed E-state index contributed by atoms with van der Waals surface area (Å²) in [5.74, 6) is 0.352. The van der Waals surface area contributed by atoms with Crippen LogP contribution >= 0.6 is 0 Å². The zero-order valence-corrected chi connectivity index (χ0v) is 15.0. The minimum absolute atomic E-state index is 0.165. The van der Waals surface area contributed by atoms with E-state index >= 15 is 0 Å². The molecule has 1 aromatic carbocycles. The number of rotatable bonds is 2. The number of fused-ring (bicyclic) bond motifs is 1. The molecular formula is C20H27N3O2. The smallest absolute Gasteiger partial charge is 0.241 e. The second-order valence-corrected chi connectivity index (χ2v) is 7.88. The van der Waals surface area contributed by atoms with Crippen molar-refractivity contribution >= 4 is 17.5 Å². The molecule has 134 valence electrons. The molecule has 1 N–H and O–H groups in total. The fourth-order valence-electron chi connectivity index (χ4n) is 4.67. The third-order valence-electron chi connectivity index (χ3n) is 6.05. The van der Waals surface area contributed by atoms with Gasteiger partial charge in [-0.3, -0.25) is 14.5 Å². The Morgan fingerprint density at radius 2 is 2.12 bits per heavy atom. The second-order valence-electron chi connectivity index (χ2n) is 7.88. The van der Waals surface area contributed by atoms with Gasteiger partial charge >= 0.3 is 0 Å². The van der Waals surface area contributed by atoms with Crippen molar-refractivity contribution in [3.63, 3.8) is 0 Å².